The second kappa shape index (κ2) is 6.18. The highest BCUT2D eigenvalue weighted by molar-refractivity contribution is 7.99. The summed E-state index contributed by atoms with van der Waals surface area (Å²) in [5, 5.41) is 4.62. The zero-order valence-electron chi connectivity index (χ0n) is 12.5. The van der Waals surface area contributed by atoms with Gasteiger partial charge in [-0.3, -0.25) is 4.68 Å². The number of rotatable bonds is 4. The van der Waals surface area contributed by atoms with Gasteiger partial charge in [-0.15, -0.1) is 0 Å². The molecular formula is C14H26N4S. The first kappa shape index (κ1) is 14.7. The van der Waals surface area contributed by atoms with E-state index in [1.165, 1.54) is 22.9 Å². The zero-order valence-corrected chi connectivity index (χ0v) is 13.3. The number of nitrogens with two attached hydrogens (primary N) is 1. The molecule has 1 fully saturated rings. The van der Waals surface area contributed by atoms with Gasteiger partial charge in [0.25, 0.3) is 0 Å². The van der Waals surface area contributed by atoms with Crippen molar-refractivity contribution in [1.82, 2.24) is 9.78 Å². The highest BCUT2D eigenvalue weighted by atomic mass is 32.2. The summed E-state index contributed by atoms with van der Waals surface area (Å²) < 4.78 is 2.04. The van der Waals surface area contributed by atoms with E-state index in [9.17, 15) is 0 Å². The number of nitrogens with zero attached hydrogens (tertiary/aromatic N) is 3. The summed E-state index contributed by atoms with van der Waals surface area (Å²) in [6.07, 6.45) is 1.95. The summed E-state index contributed by atoms with van der Waals surface area (Å²) in [5.74, 6) is 3.69. The van der Waals surface area contributed by atoms with Gasteiger partial charge in [-0.05, 0) is 26.7 Å². The van der Waals surface area contributed by atoms with E-state index < -0.39 is 0 Å². The van der Waals surface area contributed by atoms with E-state index in [2.05, 4.69) is 37.8 Å². The number of aromatic nitrogens is 2. The van der Waals surface area contributed by atoms with Crippen LogP contribution >= 0.6 is 11.8 Å². The van der Waals surface area contributed by atoms with Gasteiger partial charge in [-0.1, -0.05) is 6.92 Å². The third-order valence-corrected chi connectivity index (χ3v) is 5.13. The first-order valence-corrected chi connectivity index (χ1v) is 8.32. The fraction of sp³-hybridized carbons (Fsp3) is 0.786. The Morgan fingerprint density at radius 1 is 1.53 bits per heavy atom. The van der Waals surface area contributed by atoms with E-state index in [1.807, 2.05) is 16.4 Å². The Kier molecular flexibility index (Phi) is 4.79. The molecule has 5 heteroatoms. The molecule has 0 spiro atoms. The molecule has 1 aromatic heterocycles. The molecule has 1 saturated heterocycles. The molecule has 4 nitrogen and oxygen atoms in total. The van der Waals surface area contributed by atoms with Gasteiger partial charge in [0.05, 0.1) is 5.69 Å². The van der Waals surface area contributed by atoms with Crippen LogP contribution < -0.4 is 10.6 Å². The highest BCUT2D eigenvalue weighted by Crippen LogP contribution is 2.29. The topological polar surface area (TPSA) is 47.1 Å². The second-order valence-electron chi connectivity index (χ2n) is 5.50. The van der Waals surface area contributed by atoms with Gasteiger partial charge in [-0.2, -0.15) is 16.9 Å². The van der Waals surface area contributed by atoms with Crippen LogP contribution in [0.5, 0.6) is 0 Å². The van der Waals surface area contributed by atoms with Crippen LogP contribution in [0.25, 0.3) is 0 Å². The van der Waals surface area contributed by atoms with Crippen LogP contribution in [0.3, 0.4) is 0 Å². The predicted molar refractivity (Wildman–Crippen MR) is 84.0 cm³/mol. The average molecular weight is 282 g/mol. The minimum atomic E-state index is 0.233. The van der Waals surface area contributed by atoms with Crippen LogP contribution in [-0.4, -0.2) is 39.9 Å². The summed E-state index contributed by atoms with van der Waals surface area (Å²) in [7, 11) is 2.05. The lowest BCUT2D eigenvalue weighted by molar-refractivity contribution is 0.625. The average Bonchev–Trinajstić information content (AvgIpc) is 2.65. The van der Waals surface area contributed by atoms with Crippen molar-refractivity contribution < 1.29 is 0 Å². The Morgan fingerprint density at radius 2 is 2.26 bits per heavy atom. The molecule has 19 heavy (non-hydrogen) atoms. The minimum absolute atomic E-state index is 0.233. The maximum Gasteiger partial charge on any atom is 0.130 e. The van der Waals surface area contributed by atoms with Crippen LogP contribution in [0.2, 0.25) is 0 Å². The molecule has 108 valence electrons. The molecule has 2 unspecified atom stereocenters. The fourth-order valence-electron chi connectivity index (χ4n) is 2.74. The van der Waals surface area contributed by atoms with Crippen LogP contribution in [0.1, 0.15) is 31.5 Å². The maximum absolute atomic E-state index is 6.16. The van der Waals surface area contributed by atoms with Crippen LogP contribution in [0.15, 0.2) is 0 Å². The van der Waals surface area contributed by atoms with Gasteiger partial charge < -0.3 is 10.6 Å². The molecule has 1 aromatic rings. The largest absolute Gasteiger partial charge is 0.352 e. The number of anilines is 1. The molecule has 2 heterocycles. The lowest BCUT2D eigenvalue weighted by Gasteiger charge is -2.35. The smallest absolute Gasteiger partial charge is 0.130 e. The van der Waals surface area contributed by atoms with Gasteiger partial charge in [0, 0.05) is 42.7 Å². The molecule has 1 aliphatic heterocycles. The van der Waals surface area contributed by atoms with Gasteiger partial charge in [0.15, 0.2) is 0 Å². The highest BCUT2D eigenvalue weighted by Gasteiger charge is 2.26. The van der Waals surface area contributed by atoms with Crippen molar-refractivity contribution in [3.05, 3.63) is 11.3 Å². The summed E-state index contributed by atoms with van der Waals surface area (Å²) >= 11 is 2.04. The van der Waals surface area contributed by atoms with E-state index >= 15 is 0 Å². The molecule has 0 aromatic carbocycles. The van der Waals surface area contributed by atoms with Crippen molar-refractivity contribution >= 4 is 17.6 Å². The number of thioether (sulfide) groups is 1. The monoisotopic (exact) mass is 282 g/mol. The first-order valence-electron chi connectivity index (χ1n) is 7.17. The second-order valence-corrected chi connectivity index (χ2v) is 6.65. The Morgan fingerprint density at radius 3 is 2.89 bits per heavy atom. The molecular weight excluding hydrogens is 256 g/mol. The molecule has 1 aliphatic rings. The SMILES string of the molecule is CCC(N)Cc1c(C)nn(C)c1N1CCSCC1C. The van der Waals surface area contributed by atoms with Gasteiger partial charge >= 0.3 is 0 Å². The van der Waals surface area contributed by atoms with Crippen molar-refractivity contribution in [3.8, 4) is 0 Å². The van der Waals surface area contributed by atoms with Crippen molar-refractivity contribution in [2.75, 3.05) is 23.0 Å². The zero-order chi connectivity index (χ0) is 14.0. The molecule has 0 amide bonds. The van der Waals surface area contributed by atoms with Crippen LogP contribution in [0.4, 0.5) is 5.82 Å². The van der Waals surface area contributed by atoms with E-state index in [-0.39, 0.29) is 6.04 Å². The standard InChI is InChI=1S/C14H26N4S/c1-5-12(15)8-13-11(3)16-17(4)14(13)18-6-7-19-9-10(18)2/h10,12H,5-9,15H2,1-4H3. The lowest BCUT2D eigenvalue weighted by atomic mass is 10.0. The third-order valence-electron chi connectivity index (χ3n) is 3.94. The Balaban J connectivity index is 2.32. The molecule has 0 saturated carbocycles. The van der Waals surface area contributed by atoms with Crippen molar-refractivity contribution in [2.45, 2.75) is 45.7 Å². The summed E-state index contributed by atoms with van der Waals surface area (Å²) in [4.78, 5) is 2.51. The summed E-state index contributed by atoms with van der Waals surface area (Å²) in [5.41, 5.74) is 8.63. The summed E-state index contributed by atoms with van der Waals surface area (Å²) in [6, 6.07) is 0.807. The Labute approximate surface area is 120 Å². The fourth-order valence-corrected chi connectivity index (χ4v) is 3.75. The van der Waals surface area contributed by atoms with Gasteiger partial charge in [0.1, 0.15) is 5.82 Å². The maximum atomic E-state index is 6.16. The minimum Gasteiger partial charge on any atom is -0.352 e. The molecule has 2 rings (SSSR count). The Bertz CT molecular complexity index is 429. The van der Waals surface area contributed by atoms with Crippen molar-refractivity contribution in [3.63, 3.8) is 0 Å². The van der Waals surface area contributed by atoms with Crippen molar-refractivity contribution in [2.24, 2.45) is 12.8 Å². The third kappa shape index (κ3) is 3.08. The van der Waals surface area contributed by atoms with Gasteiger partial charge in [-0.25, -0.2) is 0 Å². The molecule has 2 atom stereocenters. The van der Waals surface area contributed by atoms with Gasteiger partial charge in [0.2, 0.25) is 0 Å². The molecule has 0 radical (unpaired) electrons. The molecule has 0 aliphatic carbocycles. The number of hydrogen-bond acceptors (Lipinski definition) is 4. The van der Waals surface area contributed by atoms with E-state index in [1.54, 1.807) is 0 Å². The number of aryl methyl sites for hydroxylation is 2. The Hall–Kier alpha value is -0.680. The van der Waals surface area contributed by atoms with Crippen LogP contribution in [-0.2, 0) is 13.5 Å². The van der Waals surface area contributed by atoms with E-state index in [0.717, 1.165) is 25.1 Å². The molecule has 2 N–H and O–H groups in total. The number of hydrogen-bond donors (Lipinski definition) is 1. The van der Waals surface area contributed by atoms with E-state index in [4.69, 9.17) is 5.73 Å². The quantitative estimate of drug-likeness (QED) is 0.917. The van der Waals surface area contributed by atoms with Crippen molar-refractivity contribution in [1.29, 1.82) is 0 Å². The van der Waals surface area contributed by atoms with Crippen LogP contribution in [0, 0.1) is 6.92 Å². The normalized spacial score (nSPS) is 21.7. The predicted octanol–water partition coefficient (Wildman–Crippen LogP) is 1.95. The lowest BCUT2D eigenvalue weighted by Crippen LogP contribution is -2.42. The molecule has 0 bridgehead atoms. The van der Waals surface area contributed by atoms with E-state index in [0.29, 0.717) is 6.04 Å². The first-order chi connectivity index (χ1) is 9.04. The summed E-state index contributed by atoms with van der Waals surface area (Å²) in [6.45, 7) is 7.66.